The standard InChI is InChI=1S/C13H25N3O3/c1-5-14-6-7-15(8-11(14)4)13(19)16(10(2)3)9-12(17)18/h10-11H,5-9H2,1-4H3,(H,17,18). The van der Waals surface area contributed by atoms with E-state index in [-0.39, 0.29) is 18.6 Å². The number of urea groups is 1. The van der Waals surface area contributed by atoms with E-state index in [1.807, 2.05) is 13.8 Å². The molecule has 1 aliphatic heterocycles. The average molecular weight is 271 g/mol. The minimum atomic E-state index is -0.970. The molecule has 1 aliphatic rings. The largest absolute Gasteiger partial charge is 0.480 e. The van der Waals surface area contributed by atoms with Gasteiger partial charge >= 0.3 is 12.0 Å². The van der Waals surface area contributed by atoms with Crippen LogP contribution in [0.3, 0.4) is 0 Å². The highest BCUT2D eigenvalue weighted by Crippen LogP contribution is 2.12. The van der Waals surface area contributed by atoms with E-state index in [1.165, 1.54) is 4.90 Å². The van der Waals surface area contributed by atoms with Gasteiger partial charge in [-0.3, -0.25) is 9.69 Å². The Morgan fingerprint density at radius 1 is 1.37 bits per heavy atom. The minimum absolute atomic E-state index is 0.108. The van der Waals surface area contributed by atoms with Gasteiger partial charge in [-0.2, -0.15) is 0 Å². The molecule has 1 atom stereocenters. The van der Waals surface area contributed by atoms with Crippen molar-refractivity contribution < 1.29 is 14.7 Å². The Balaban J connectivity index is 2.68. The van der Waals surface area contributed by atoms with Gasteiger partial charge in [-0.05, 0) is 27.3 Å². The second-order valence-corrected chi connectivity index (χ2v) is 5.32. The molecule has 1 heterocycles. The molecule has 6 heteroatoms. The number of amides is 2. The van der Waals surface area contributed by atoms with Gasteiger partial charge in [-0.1, -0.05) is 6.92 Å². The number of piperazine rings is 1. The van der Waals surface area contributed by atoms with Crippen molar-refractivity contribution >= 4 is 12.0 Å². The summed E-state index contributed by atoms with van der Waals surface area (Å²) < 4.78 is 0. The predicted octanol–water partition coefficient (Wildman–Crippen LogP) is 0.927. The average Bonchev–Trinajstić information content (AvgIpc) is 2.34. The van der Waals surface area contributed by atoms with Crippen LogP contribution in [0.1, 0.15) is 27.7 Å². The molecule has 1 saturated heterocycles. The van der Waals surface area contributed by atoms with Crippen LogP contribution < -0.4 is 0 Å². The van der Waals surface area contributed by atoms with Gasteiger partial charge in [0.05, 0.1) is 0 Å². The van der Waals surface area contributed by atoms with Gasteiger partial charge < -0.3 is 14.9 Å². The van der Waals surface area contributed by atoms with Crippen molar-refractivity contribution in [1.82, 2.24) is 14.7 Å². The number of nitrogens with zero attached hydrogens (tertiary/aromatic N) is 3. The molecule has 0 saturated carbocycles. The Bertz CT molecular complexity index is 333. The molecule has 1 N–H and O–H groups in total. The summed E-state index contributed by atoms with van der Waals surface area (Å²) in [6, 6.07) is 0.0460. The minimum Gasteiger partial charge on any atom is -0.480 e. The van der Waals surface area contributed by atoms with Crippen LogP contribution in [0.2, 0.25) is 0 Å². The van der Waals surface area contributed by atoms with Crippen molar-refractivity contribution in [2.24, 2.45) is 0 Å². The van der Waals surface area contributed by atoms with Crippen LogP contribution >= 0.6 is 0 Å². The Morgan fingerprint density at radius 3 is 2.42 bits per heavy atom. The molecule has 0 aromatic rings. The zero-order chi connectivity index (χ0) is 14.6. The fourth-order valence-corrected chi connectivity index (χ4v) is 2.44. The van der Waals surface area contributed by atoms with Gasteiger partial charge in [0.15, 0.2) is 0 Å². The molecule has 1 unspecified atom stereocenters. The second kappa shape index (κ2) is 6.75. The molecule has 2 amide bonds. The fraction of sp³-hybridized carbons (Fsp3) is 0.846. The molecule has 0 spiro atoms. The number of carboxylic acids is 1. The number of hydrogen-bond acceptors (Lipinski definition) is 3. The molecule has 0 aliphatic carbocycles. The summed E-state index contributed by atoms with van der Waals surface area (Å²) in [5.41, 5.74) is 0. The van der Waals surface area contributed by atoms with Gasteiger partial charge in [-0.25, -0.2) is 4.79 Å². The molecular formula is C13H25N3O3. The van der Waals surface area contributed by atoms with Crippen molar-refractivity contribution in [3.63, 3.8) is 0 Å². The van der Waals surface area contributed by atoms with Crippen LogP contribution in [0.15, 0.2) is 0 Å². The Kier molecular flexibility index (Phi) is 5.60. The van der Waals surface area contributed by atoms with Gasteiger partial charge in [0.1, 0.15) is 6.54 Å². The van der Waals surface area contributed by atoms with Crippen LogP contribution in [0.4, 0.5) is 4.79 Å². The monoisotopic (exact) mass is 271 g/mol. The quantitative estimate of drug-likeness (QED) is 0.826. The Labute approximate surface area is 115 Å². The van der Waals surface area contributed by atoms with Crippen LogP contribution in [0.5, 0.6) is 0 Å². The van der Waals surface area contributed by atoms with Crippen molar-refractivity contribution in [3.8, 4) is 0 Å². The topological polar surface area (TPSA) is 64.1 Å². The molecule has 1 fully saturated rings. The van der Waals surface area contributed by atoms with E-state index in [0.717, 1.165) is 13.1 Å². The van der Waals surface area contributed by atoms with E-state index in [2.05, 4.69) is 18.7 Å². The third-order valence-corrected chi connectivity index (χ3v) is 3.62. The SMILES string of the molecule is CCN1CCN(C(=O)N(CC(=O)O)C(C)C)CC1C. The summed E-state index contributed by atoms with van der Waals surface area (Å²) in [4.78, 5) is 28.7. The van der Waals surface area contributed by atoms with Gasteiger partial charge in [0.25, 0.3) is 0 Å². The lowest BCUT2D eigenvalue weighted by atomic mass is 10.2. The second-order valence-electron chi connectivity index (χ2n) is 5.32. The molecule has 19 heavy (non-hydrogen) atoms. The number of carbonyl (C=O) groups excluding carboxylic acids is 1. The van der Waals surface area contributed by atoms with Crippen LogP contribution in [-0.4, -0.2) is 76.6 Å². The van der Waals surface area contributed by atoms with Gasteiger partial charge in [0, 0.05) is 31.7 Å². The number of carbonyl (C=O) groups is 2. The van der Waals surface area contributed by atoms with E-state index >= 15 is 0 Å². The van der Waals surface area contributed by atoms with E-state index in [4.69, 9.17) is 5.11 Å². The van der Waals surface area contributed by atoms with Crippen molar-refractivity contribution in [3.05, 3.63) is 0 Å². The van der Waals surface area contributed by atoms with Crippen molar-refractivity contribution in [2.45, 2.75) is 39.8 Å². The number of hydrogen-bond donors (Lipinski definition) is 1. The predicted molar refractivity (Wildman–Crippen MR) is 73.2 cm³/mol. The first-order chi connectivity index (χ1) is 8.86. The first-order valence-electron chi connectivity index (χ1n) is 6.88. The lowest BCUT2D eigenvalue weighted by Crippen LogP contribution is -2.57. The lowest BCUT2D eigenvalue weighted by Gasteiger charge is -2.41. The van der Waals surface area contributed by atoms with Gasteiger partial charge in [-0.15, -0.1) is 0 Å². The molecule has 0 aromatic heterocycles. The number of aliphatic carboxylic acids is 1. The van der Waals surface area contributed by atoms with Crippen molar-refractivity contribution in [2.75, 3.05) is 32.7 Å². The summed E-state index contributed by atoms with van der Waals surface area (Å²) in [7, 11) is 0. The maximum Gasteiger partial charge on any atom is 0.323 e. The van der Waals surface area contributed by atoms with E-state index < -0.39 is 5.97 Å². The third-order valence-electron chi connectivity index (χ3n) is 3.62. The molecular weight excluding hydrogens is 246 g/mol. The maximum atomic E-state index is 12.4. The Morgan fingerprint density at radius 2 is 2.00 bits per heavy atom. The number of carboxylic acid groups (broad SMARTS) is 1. The molecule has 0 aromatic carbocycles. The molecule has 0 radical (unpaired) electrons. The summed E-state index contributed by atoms with van der Waals surface area (Å²) in [6.45, 7) is 10.8. The van der Waals surface area contributed by atoms with Gasteiger partial charge in [0.2, 0.25) is 0 Å². The zero-order valence-corrected chi connectivity index (χ0v) is 12.3. The van der Waals surface area contributed by atoms with Crippen LogP contribution in [-0.2, 0) is 4.79 Å². The zero-order valence-electron chi connectivity index (χ0n) is 12.3. The van der Waals surface area contributed by atoms with Crippen LogP contribution in [0.25, 0.3) is 0 Å². The number of likely N-dealkylation sites (N-methyl/N-ethyl adjacent to an activating group) is 1. The van der Waals surface area contributed by atoms with E-state index in [9.17, 15) is 9.59 Å². The maximum absolute atomic E-state index is 12.4. The highest BCUT2D eigenvalue weighted by atomic mass is 16.4. The first kappa shape index (κ1) is 15.8. The lowest BCUT2D eigenvalue weighted by molar-refractivity contribution is -0.138. The number of rotatable bonds is 4. The molecule has 110 valence electrons. The molecule has 1 rings (SSSR count). The summed E-state index contributed by atoms with van der Waals surface area (Å²) in [5, 5.41) is 8.89. The highest BCUT2D eigenvalue weighted by molar-refractivity contribution is 5.80. The summed E-state index contributed by atoms with van der Waals surface area (Å²) >= 11 is 0. The third kappa shape index (κ3) is 4.09. The van der Waals surface area contributed by atoms with Crippen LogP contribution in [0, 0.1) is 0 Å². The smallest absolute Gasteiger partial charge is 0.323 e. The fourth-order valence-electron chi connectivity index (χ4n) is 2.44. The first-order valence-corrected chi connectivity index (χ1v) is 6.88. The Hall–Kier alpha value is -1.30. The van der Waals surface area contributed by atoms with E-state index in [1.54, 1.807) is 4.90 Å². The molecule has 0 bridgehead atoms. The molecule has 6 nitrogen and oxygen atoms in total. The normalized spacial score (nSPS) is 20.7. The summed E-state index contributed by atoms with van der Waals surface area (Å²) in [5.74, 6) is -0.970. The summed E-state index contributed by atoms with van der Waals surface area (Å²) in [6.07, 6.45) is 0. The van der Waals surface area contributed by atoms with Crippen molar-refractivity contribution in [1.29, 1.82) is 0 Å². The van der Waals surface area contributed by atoms with E-state index in [0.29, 0.717) is 19.1 Å². The highest BCUT2D eigenvalue weighted by Gasteiger charge is 2.30.